The summed E-state index contributed by atoms with van der Waals surface area (Å²) < 4.78 is 43.3. The Bertz CT molecular complexity index is 985. The lowest BCUT2D eigenvalue weighted by Gasteiger charge is -2.26. The van der Waals surface area contributed by atoms with Crippen molar-refractivity contribution in [3.8, 4) is 17.5 Å². The third kappa shape index (κ3) is 4.28. The number of anilines is 1. The lowest BCUT2D eigenvalue weighted by atomic mass is 10.2. The Morgan fingerprint density at radius 2 is 1.97 bits per heavy atom. The first-order valence-corrected chi connectivity index (χ1v) is 11.0. The number of hydrogen-bond acceptors (Lipinski definition) is 8. The smallest absolute Gasteiger partial charge is 0.243 e. The molecular weight excluding hydrogens is 396 g/mol. The second-order valence-electron chi connectivity index (χ2n) is 6.87. The molecule has 0 bridgehead atoms. The quantitative estimate of drug-likeness (QED) is 0.755. The Morgan fingerprint density at radius 3 is 2.62 bits per heavy atom. The van der Waals surface area contributed by atoms with Gasteiger partial charge in [-0.05, 0) is 37.1 Å². The van der Waals surface area contributed by atoms with Crippen LogP contribution in [0.4, 0.5) is 5.88 Å². The Hall–Kier alpha value is -2.45. The van der Waals surface area contributed by atoms with Gasteiger partial charge in [-0.25, -0.2) is 8.42 Å². The van der Waals surface area contributed by atoms with Crippen LogP contribution in [0, 0.1) is 11.3 Å². The number of ether oxygens (including phenoxy) is 2. The molecule has 0 amide bonds. The van der Waals surface area contributed by atoms with E-state index in [-0.39, 0.29) is 22.6 Å². The van der Waals surface area contributed by atoms with Crippen LogP contribution >= 0.6 is 0 Å². The normalized spacial score (nSPS) is 20.4. The number of aromatic nitrogens is 1. The van der Waals surface area contributed by atoms with Gasteiger partial charge in [-0.15, -0.1) is 0 Å². The molecule has 2 saturated heterocycles. The fraction of sp³-hybridized carbons (Fsp3) is 0.474. The van der Waals surface area contributed by atoms with Crippen molar-refractivity contribution in [2.24, 2.45) is 0 Å². The summed E-state index contributed by atoms with van der Waals surface area (Å²) in [6.45, 7) is 2.77. The summed E-state index contributed by atoms with van der Waals surface area (Å²) in [5, 5.41) is 12.4. The monoisotopic (exact) mass is 418 g/mol. The molecule has 0 unspecified atom stereocenters. The van der Waals surface area contributed by atoms with Crippen molar-refractivity contribution in [2.75, 3.05) is 44.8 Å². The molecular formula is C19H22N4O5S. The van der Waals surface area contributed by atoms with E-state index in [1.807, 2.05) is 6.07 Å². The van der Waals surface area contributed by atoms with Crippen molar-refractivity contribution in [3.63, 3.8) is 0 Å². The summed E-state index contributed by atoms with van der Waals surface area (Å²) >= 11 is 0. The fourth-order valence-corrected chi connectivity index (χ4v) is 4.76. The van der Waals surface area contributed by atoms with Crippen molar-refractivity contribution in [1.29, 1.82) is 5.26 Å². The van der Waals surface area contributed by atoms with Gasteiger partial charge in [-0.2, -0.15) is 14.6 Å². The van der Waals surface area contributed by atoms with Gasteiger partial charge in [0.15, 0.2) is 0 Å². The number of hydrogen-bond donors (Lipinski definition) is 1. The highest BCUT2D eigenvalue weighted by atomic mass is 32.2. The molecule has 2 aliphatic rings. The highest BCUT2D eigenvalue weighted by Crippen LogP contribution is 2.27. The van der Waals surface area contributed by atoms with E-state index in [4.69, 9.17) is 13.9 Å². The number of rotatable bonds is 6. The number of benzene rings is 1. The standard InChI is InChI=1S/C19H22N4O5S/c20-12-17-19(21-13-15-2-1-9-27-15)28-18(22-17)14-3-5-16(6-4-14)29(24,25)23-7-10-26-11-8-23/h3-6,15,21H,1-2,7-11,13H2/t15-/m0/s1. The van der Waals surface area contributed by atoms with Crippen LogP contribution in [-0.4, -0.2) is 63.3 Å². The van der Waals surface area contributed by atoms with Gasteiger partial charge in [0.1, 0.15) is 6.07 Å². The summed E-state index contributed by atoms with van der Waals surface area (Å²) in [6.07, 6.45) is 2.09. The van der Waals surface area contributed by atoms with Crippen LogP contribution in [0.25, 0.3) is 11.5 Å². The van der Waals surface area contributed by atoms with Gasteiger partial charge in [0.25, 0.3) is 0 Å². The molecule has 0 saturated carbocycles. The number of oxazole rings is 1. The van der Waals surface area contributed by atoms with Crippen molar-refractivity contribution in [1.82, 2.24) is 9.29 Å². The Morgan fingerprint density at radius 1 is 1.21 bits per heavy atom. The van der Waals surface area contributed by atoms with Gasteiger partial charge in [0, 0.05) is 31.8 Å². The van der Waals surface area contributed by atoms with Crippen LogP contribution in [0.5, 0.6) is 0 Å². The van der Waals surface area contributed by atoms with Gasteiger partial charge in [0.2, 0.25) is 27.5 Å². The zero-order valence-electron chi connectivity index (χ0n) is 15.8. The molecule has 9 nitrogen and oxygen atoms in total. The Labute approximate surface area is 169 Å². The maximum Gasteiger partial charge on any atom is 0.243 e. The average molecular weight is 418 g/mol. The van der Waals surface area contributed by atoms with E-state index in [1.54, 1.807) is 12.1 Å². The predicted octanol–water partition coefficient (Wildman–Crippen LogP) is 1.83. The van der Waals surface area contributed by atoms with E-state index >= 15 is 0 Å². The van der Waals surface area contributed by atoms with Crippen molar-refractivity contribution in [3.05, 3.63) is 30.0 Å². The molecule has 1 atom stereocenters. The largest absolute Gasteiger partial charge is 0.419 e. The molecule has 2 aliphatic heterocycles. The highest BCUT2D eigenvalue weighted by Gasteiger charge is 2.26. The second-order valence-corrected chi connectivity index (χ2v) is 8.80. The Kier molecular flexibility index (Phi) is 5.82. The number of nitriles is 1. The van der Waals surface area contributed by atoms with E-state index in [9.17, 15) is 13.7 Å². The van der Waals surface area contributed by atoms with E-state index in [1.165, 1.54) is 16.4 Å². The molecule has 154 valence electrons. The lowest BCUT2D eigenvalue weighted by molar-refractivity contribution is 0.0730. The second kappa shape index (κ2) is 8.51. The molecule has 1 N–H and O–H groups in total. The summed E-state index contributed by atoms with van der Waals surface area (Å²) in [5.74, 6) is 0.551. The van der Waals surface area contributed by atoms with Gasteiger partial charge >= 0.3 is 0 Å². The summed E-state index contributed by atoms with van der Waals surface area (Å²) in [4.78, 5) is 4.42. The average Bonchev–Trinajstić information content (AvgIpc) is 3.42. The third-order valence-electron chi connectivity index (χ3n) is 4.96. The maximum atomic E-state index is 12.7. The van der Waals surface area contributed by atoms with Crippen LogP contribution in [0.3, 0.4) is 0 Å². The topological polar surface area (TPSA) is 118 Å². The molecule has 0 aliphatic carbocycles. The van der Waals surface area contributed by atoms with Crippen molar-refractivity contribution >= 4 is 15.9 Å². The molecule has 3 heterocycles. The van der Waals surface area contributed by atoms with Crippen molar-refractivity contribution in [2.45, 2.75) is 23.8 Å². The molecule has 1 aromatic heterocycles. The number of nitrogens with one attached hydrogen (secondary N) is 1. The van der Waals surface area contributed by atoms with Crippen molar-refractivity contribution < 1.29 is 22.3 Å². The van der Waals surface area contributed by atoms with E-state index in [0.717, 1.165) is 19.4 Å². The lowest BCUT2D eigenvalue weighted by Crippen LogP contribution is -2.40. The number of nitrogens with zero attached hydrogens (tertiary/aromatic N) is 3. The van der Waals surface area contributed by atoms with Gasteiger partial charge in [-0.3, -0.25) is 0 Å². The van der Waals surface area contributed by atoms with Crippen LogP contribution in [0.1, 0.15) is 18.5 Å². The molecule has 2 aromatic rings. The first-order chi connectivity index (χ1) is 14.1. The molecule has 29 heavy (non-hydrogen) atoms. The van der Waals surface area contributed by atoms with Gasteiger partial charge < -0.3 is 19.2 Å². The zero-order valence-corrected chi connectivity index (χ0v) is 16.7. The minimum Gasteiger partial charge on any atom is -0.419 e. The first kappa shape index (κ1) is 19.8. The van der Waals surface area contributed by atoms with Crippen LogP contribution < -0.4 is 5.32 Å². The molecule has 4 rings (SSSR count). The molecule has 10 heteroatoms. The van der Waals surface area contributed by atoms with Crippen LogP contribution in [0.2, 0.25) is 0 Å². The maximum absolute atomic E-state index is 12.7. The zero-order chi connectivity index (χ0) is 20.3. The van der Waals surface area contributed by atoms with E-state index in [2.05, 4.69) is 10.3 Å². The van der Waals surface area contributed by atoms with E-state index in [0.29, 0.717) is 44.3 Å². The Balaban J connectivity index is 1.50. The van der Waals surface area contributed by atoms with Gasteiger partial charge in [0.05, 0.1) is 24.2 Å². The number of sulfonamides is 1. The molecule has 0 radical (unpaired) electrons. The van der Waals surface area contributed by atoms with Gasteiger partial charge in [-0.1, -0.05) is 0 Å². The predicted molar refractivity (Wildman–Crippen MR) is 104 cm³/mol. The SMILES string of the molecule is N#Cc1nc(-c2ccc(S(=O)(=O)N3CCOCC3)cc2)oc1NC[C@@H]1CCCO1. The van der Waals surface area contributed by atoms with Crippen LogP contribution in [0.15, 0.2) is 33.6 Å². The summed E-state index contributed by atoms with van der Waals surface area (Å²) in [6, 6.07) is 8.32. The summed E-state index contributed by atoms with van der Waals surface area (Å²) in [7, 11) is -3.56. The van der Waals surface area contributed by atoms with E-state index < -0.39 is 10.0 Å². The molecule has 0 spiro atoms. The highest BCUT2D eigenvalue weighted by molar-refractivity contribution is 7.89. The first-order valence-electron chi connectivity index (χ1n) is 9.52. The minimum absolute atomic E-state index is 0.0970. The fourth-order valence-electron chi connectivity index (χ4n) is 3.36. The number of morpholine rings is 1. The molecule has 1 aromatic carbocycles. The van der Waals surface area contributed by atoms with Crippen LogP contribution in [-0.2, 0) is 19.5 Å². The molecule has 2 fully saturated rings. The summed E-state index contributed by atoms with van der Waals surface area (Å²) in [5.41, 5.74) is 0.746. The third-order valence-corrected chi connectivity index (χ3v) is 6.87. The minimum atomic E-state index is -3.56.